The Morgan fingerprint density at radius 2 is 1.90 bits per heavy atom. The average molecular weight is 402 g/mol. The molecule has 3 heterocycles. The lowest BCUT2D eigenvalue weighted by Crippen LogP contribution is -2.24. The van der Waals surface area contributed by atoms with E-state index in [-0.39, 0.29) is 17.9 Å². The second kappa shape index (κ2) is 8.20. The molecule has 0 unspecified atom stereocenters. The minimum absolute atomic E-state index is 0.0290. The van der Waals surface area contributed by atoms with Gasteiger partial charge in [-0.25, -0.2) is 4.98 Å². The summed E-state index contributed by atoms with van der Waals surface area (Å²) in [6.07, 6.45) is 3.29. The number of hydrogen-bond donors (Lipinski definition) is 1. The van der Waals surface area contributed by atoms with E-state index in [0.29, 0.717) is 17.2 Å². The highest BCUT2D eigenvalue weighted by atomic mass is 32.1. The van der Waals surface area contributed by atoms with Gasteiger partial charge in [-0.15, -0.1) is 0 Å². The topological polar surface area (TPSA) is 76.9 Å². The zero-order valence-corrected chi connectivity index (χ0v) is 16.5. The number of carbonyl (C=O) groups is 1. The van der Waals surface area contributed by atoms with Crippen molar-refractivity contribution >= 4 is 23.1 Å². The van der Waals surface area contributed by atoms with Crippen LogP contribution in [-0.4, -0.2) is 26.9 Å². The lowest BCUT2D eigenvalue weighted by molar-refractivity contribution is 0.101. The molecule has 4 rings (SSSR count). The molecule has 4 aromatic rings. The molecule has 3 aromatic heterocycles. The van der Waals surface area contributed by atoms with Gasteiger partial charge < -0.3 is 5.32 Å². The molecule has 1 aromatic carbocycles. The number of thiophene rings is 1. The number of hydrogen-bond acceptors (Lipinski definition) is 6. The van der Waals surface area contributed by atoms with Gasteiger partial charge in [0, 0.05) is 36.6 Å². The predicted octanol–water partition coefficient (Wildman–Crippen LogP) is 3.87. The molecule has 0 saturated carbocycles. The lowest BCUT2D eigenvalue weighted by atomic mass is 9.99. The quantitative estimate of drug-likeness (QED) is 0.496. The summed E-state index contributed by atoms with van der Waals surface area (Å²) in [7, 11) is 1.62. The molecule has 0 aliphatic heterocycles. The number of ketones is 1. The van der Waals surface area contributed by atoms with Gasteiger partial charge in [-0.3, -0.25) is 19.1 Å². The number of Topliss-reactive ketones (excluding diaryl/α,β-unsaturated/α-hetero) is 1. The first-order chi connectivity index (χ1) is 14.1. The Kier molecular flexibility index (Phi) is 5.31. The van der Waals surface area contributed by atoms with Gasteiger partial charge in [0.05, 0.1) is 12.2 Å². The molecule has 0 atom stereocenters. The highest BCUT2D eigenvalue weighted by Crippen LogP contribution is 2.26. The molecule has 0 aliphatic rings. The highest BCUT2D eigenvalue weighted by molar-refractivity contribution is 7.08. The zero-order valence-electron chi connectivity index (χ0n) is 15.7. The van der Waals surface area contributed by atoms with Gasteiger partial charge in [-0.2, -0.15) is 11.3 Å². The van der Waals surface area contributed by atoms with Crippen LogP contribution < -0.4 is 10.9 Å². The molecular formula is C22H18N4O2S. The molecule has 0 amide bonds. The van der Waals surface area contributed by atoms with E-state index in [1.807, 2.05) is 41.1 Å². The minimum atomic E-state index is -0.208. The van der Waals surface area contributed by atoms with Crippen molar-refractivity contribution in [1.29, 1.82) is 0 Å². The van der Waals surface area contributed by atoms with E-state index < -0.39 is 0 Å². The van der Waals surface area contributed by atoms with Gasteiger partial charge in [0.1, 0.15) is 0 Å². The number of pyridine rings is 1. The number of carbonyl (C=O) groups excluding carboxylic acids is 1. The van der Waals surface area contributed by atoms with E-state index in [9.17, 15) is 9.59 Å². The number of rotatable bonds is 6. The van der Waals surface area contributed by atoms with Crippen molar-refractivity contribution in [3.05, 3.63) is 87.6 Å². The van der Waals surface area contributed by atoms with Crippen LogP contribution in [0, 0.1) is 0 Å². The van der Waals surface area contributed by atoms with Crippen molar-refractivity contribution in [1.82, 2.24) is 14.5 Å². The second-order valence-electron chi connectivity index (χ2n) is 6.43. The summed E-state index contributed by atoms with van der Waals surface area (Å²) in [5, 5.41) is 7.03. The number of nitrogens with one attached hydrogen (secondary N) is 1. The Labute approximate surface area is 171 Å². The molecule has 6 nitrogen and oxygen atoms in total. The first-order valence-electron chi connectivity index (χ1n) is 9.00. The van der Waals surface area contributed by atoms with Gasteiger partial charge in [-0.05, 0) is 40.1 Å². The van der Waals surface area contributed by atoms with Crippen molar-refractivity contribution in [3.63, 3.8) is 0 Å². The van der Waals surface area contributed by atoms with Crippen LogP contribution in [0.3, 0.4) is 0 Å². The molecule has 0 spiro atoms. The predicted molar refractivity (Wildman–Crippen MR) is 115 cm³/mol. The smallest absolute Gasteiger partial charge is 0.255 e. The van der Waals surface area contributed by atoms with Crippen molar-refractivity contribution in [2.24, 2.45) is 7.05 Å². The fourth-order valence-corrected chi connectivity index (χ4v) is 3.67. The molecule has 0 bridgehead atoms. The fourth-order valence-electron chi connectivity index (χ4n) is 3.02. The van der Waals surface area contributed by atoms with Crippen molar-refractivity contribution in [2.45, 2.75) is 0 Å². The summed E-state index contributed by atoms with van der Waals surface area (Å²) in [6.45, 7) is 0.0290. The first-order valence-corrected chi connectivity index (χ1v) is 9.95. The molecule has 144 valence electrons. The first kappa shape index (κ1) is 18.8. The molecule has 0 radical (unpaired) electrons. The third-order valence-electron chi connectivity index (χ3n) is 4.58. The third kappa shape index (κ3) is 4.00. The summed E-state index contributed by atoms with van der Waals surface area (Å²) in [5.74, 6) is 0.265. The molecule has 0 fully saturated rings. The molecule has 1 N–H and O–H groups in total. The van der Waals surface area contributed by atoms with Crippen LogP contribution >= 0.6 is 11.3 Å². The Bertz CT molecular complexity index is 1200. The summed E-state index contributed by atoms with van der Waals surface area (Å²) in [4.78, 5) is 33.7. The van der Waals surface area contributed by atoms with E-state index in [1.54, 1.807) is 42.9 Å². The third-order valence-corrected chi connectivity index (χ3v) is 5.26. The molecule has 7 heteroatoms. The fraction of sp³-hybridized carbons (Fsp3) is 0.0909. The van der Waals surface area contributed by atoms with Gasteiger partial charge >= 0.3 is 0 Å². The van der Waals surface area contributed by atoms with Crippen molar-refractivity contribution < 1.29 is 4.79 Å². The Balaban J connectivity index is 1.60. The van der Waals surface area contributed by atoms with Crippen LogP contribution in [0.5, 0.6) is 0 Å². The normalized spacial score (nSPS) is 10.7. The van der Waals surface area contributed by atoms with E-state index in [1.165, 1.54) is 10.6 Å². The van der Waals surface area contributed by atoms with Crippen LogP contribution in [-0.2, 0) is 7.05 Å². The highest BCUT2D eigenvalue weighted by Gasteiger charge is 2.14. The van der Waals surface area contributed by atoms with E-state index in [4.69, 9.17) is 0 Å². The van der Waals surface area contributed by atoms with Crippen molar-refractivity contribution in [3.8, 4) is 22.4 Å². The van der Waals surface area contributed by atoms with E-state index in [2.05, 4.69) is 15.3 Å². The van der Waals surface area contributed by atoms with E-state index in [0.717, 1.165) is 16.7 Å². The molecule has 29 heavy (non-hydrogen) atoms. The maximum absolute atomic E-state index is 12.9. The number of benzene rings is 1. The Morgan fingerprint density at radius 3 is 2.66 bits per heavy atom. The lowest BCUT2D eigenvalue weighted by Gasteiger charge is -2.12. The largest absolute Gasteiger partial charge is 0.348 e. The number of anilines is 1. The summed E-state index contributed by atoms with van der Waals surface area (Å²) >= 11 is 1.59. The van der Waals surface area contributed by atoms with Crippen LogP contribution in [0.15, 0.2) is 76.5 Å². The number of nitrogens with zero attached hydrogens (tertiary/aromatic N) is 3. The summed E-state index contributed by atoms with van der Waals surface area (Å²) < 4.78 is 1.39. The van der Waals surface area contributed by atoms with Gasteiger partial charge in [0.15, 0.2) is 5.78 Å². The number of aromatic nitrogens is 3. The maximum Gasteiger partial charge on any atom is 0.255 e. The maximum atomic E-state index is 12.9. The summed E-state index contributed by atoms with van der Waals surface area (Å²) in [6, 6.07) is 14.6. The standard InChI is InChI=1S/C22H18N4O2S/c1-26-21(28)12-19(15-6-9-23-10-7-15)25-22(26)24-13-20(27)18-5-3-2-4-17(18)16-8-11-29-14-16/h2-12,14H,13H2,1H3,(H,24,25). The van der Waals surface area contributed by atoms with Gasteiger partial charge in [0.25, 0.3) is 5.56 Å². The average Bonchev–Trinajstić information content (AvgIpc) is 3.30. The van der Waals surface area contributed by atoms with Crippen molar-refractivity contribution in [2.75, 3.05) is 11.9 Å². The van der Waals surface area contributed by atoms with Crippen LogP contribution in [0.1, 0.15) is 10.4 Å². The Hall–Kier alpha value is -3.58. The van der Waals surface area contributed by atoms with Gasteiger partial charge in [-0.1, -0.05) is 24.3 Å². The molecule has 0 aliphatic carbocycles. The Morgan fingerprint density at radius 1 is 1.10 bits per heavy atom. The summed E-state index contributed by atoms with van der Waals surface area (Å²) in [5.41, 5.74) is 3.66. The minimum Gasteiger partial charge on any atom is -0.348 e. The second-order valence-corrected chi connectivity index (χ2v) is 7.21. The van der Waals surface area contributed by atoms with E-state index >= 15 is 0 Å². The van der Waals surface area contributed by atoms with Gasteiger partial charge in [0.2, 0.25) is 5.95 Å². The monoisotopic (exact) mass is 402 g/mol. The molecule has 0 saturated heterocycles. The molecular weight excluding hydrogens is 384 g/mol. The van der Waals surface area contributed by atoms with Crippen LogP contribution in [0.4, 0.5) is 5.95 Å². The SMILES string of the molecule is Cn1c(NCC(=O)c2ccccc2-c2ccsc2)nc(-c2ccncc2)cc1=O. The van der Waals surface area contributed by atoms with Crippen LogP contribution in [0.25, 0.3) is 22.4 Å². The van der Waals surface area contributed by atoms with Crippen LogP contribution in [0.2, 0.25) is 0 Å². The zero-order chi connectivity index (χ0) is 20.2.